The van der Waals surface area contributed by atoms with Gasteiger partial charge >= 0.3 is 6.18 Å². The standard InChI is InChI=1S/C11H7ClF3NO/c12-6-8-9(11(13,14)15)17-10(16-8)7-4-2-1-3-5-7/h1-5H,6H2. The molecule has 2 rings (SSSR count). The average molecular weight is 262 g/mol. The van der Waals surface area contributed by atoms with E-state index in [9.17, 15) is 13.2 Å². The molecule has 1 aromatic carbocycles. The summed E-state index contributed by atoms with van der Waals surface area (Å²) in [7, 11) is 0. The molecule has 0 unspecified atom stereocenters. The van der Waals surface area contributed by atoms with Crippen LogP contribution in [0, 0.1) is 0 Å². The summed E-state index contributed by atoms with van der Waals surface area (Å²) in [5, 5.41) is 0. The van der Waals surface area contributed by atoms with Crippen molar-refractivity contribution in [1.82, 2.24) is 4.98 Å². The van der Waals surface area contributed by atoms with Crippen molar-refractivity contribution < 1.29 is 17.6 Å². The van der Waals surface area contributed by atoms with Gasteiger partial charge in [-0.25, -0.2) is 4.98 Å². The first-order chi connectivity index (χ1) is 8.02. The zero-order valence-electron chi connectivity index (χ0n) is 8.46. The molecule has 1 heterocycles. The van der Waals surface area contributed by atoms with Gasteiger partial charge in [-0.3, -0.25) is 0 Å². The van der Waals surface area contributed by atoms with E-state index >= 15 is 0 Å². The molecule has 0 fully saturated rings. The van der Waals surface area contributed by atoms with Crippen LogP contribution in [0.2, 0.25) is 0 Å². The van der Waals surface area contributed by atoms with E-state index in [1.54, 1.807) is 30.3 Å². The largest absolute Gasteiger partial charge is 0.451 e. The maximum absolute atomic E-state index is 12.6. The lowest BCUT2D eigenvalue weighted by Crippen LogP contribution is -2.06. The molecule has 2 nitrogen and oxygen atoms in total. The van der Waals surface area contributed by atoms with Gasteiger partial charge in [-0.1, -0.05) is 18.2 Å². The average Bonchev–Trinajstić information content (AvgIpc) is 2.74. The molecule has 0 bridgehead atoms. The summed E-state index contributed by atoms with van der Waals surface area (Å²) >= 11 is 5.42. The summed E-state index contributed by atoms with van der Waals surface area (Å²) < 4.78 is 42.5. The Morgan fingerprint density at radius 2 is 1.82 bits per heavy atom. The number of nitrogens with zero attached hydrogens (tertiary/aromatic N) is 1. The minimum Gasteiger partial charge on any atom is -0.431 e. The second-order valence-corrected chi connectivity index (χ2v) is 3.56. The molecule has 0 N–H and O–H groups in total. The Hall–Kier alpha value is -1.49. The van der Waals surface area contributed by atoms with Crippen LogP contribution < -0.4 is 0 Å². The molecule has 1 aromatic heterocycles. The maximum Gasteiger partial charge on any atom is 0.451 e. The van der Waals surface area contributed by atoms with Gasteiger partial charge < -0.3 is 4.42 Å². The molecule has 6 heteroatoms. The second kappa shape index (κ2) is 4.41. The van der Waals surface area contributed by atoms with Gasteiger partial charge in [0.05, 0.1) is 5.88 Å². The van der Waals surface area contributed by atoms with Gasteiger partial charge in [0, 0.05) is 5.56 Å². The third-order valence-corrected chi connectivity index (χ3v) is 2.36. The Morgan fingerprint density at radius 1 is 1.18 bits per heavy atom. The van der Waals surface area contributed by atoms with Crippen molar-refractivity contribution in [3.05, 3.63) is 41.8 Å². The highest BCUT2D eigenvalue weighted by Crippen LogP contribution is 2.35. The van der Waals surface area contributed by atoms with Crippen LogP contribution in [0.25, 0.3) is 11.5 Å². The molecule has 0 amide bonds. The fourth-order valence-electron chi connectivity index (χ4n) is 1.37. The van der Waals surface area contributed by atoms with E-state index in [-0.39, 0.29) is 17.5 Å². The van der Waals surface area contributed by atoms with Crippen molar-refractivity contribution in [2.45, 2.75) is 12.1 Å². The zero-order chi connectivity index (χ0) is 12.5. The maximum atomic E-state index is 12.6. The minimum absolute atomic E-state index is 0.0754. The molecule has 0 spiro atoms. The van der Waals surface area contributed by atoms with Crippen LogP contribution in [0.4, 0.5) is 13.2 Å². The SMILES string of the molecule is FC(F)(F)c1oc(-c2ccccc2)nc1CCl. The van der Waals surface area contributed by atoms with Gasteiger partial charge in [0.15, 0.2) is 0 Å². The van der Waals surface area contributed by atoms with Gasteiger partial charge in [-0.15, -0.1) is 11.6 Å². The normalized spacial score (nSPS) is 11.8. The Bertz CT molecular complexity index is 507. The molecular formula is C11H7ClF3NO. The Balaban J connectivity index is 2.49. The molecule has 0 atom stereocenters. The molecule has 0 aliphatic carbocycles. The molecule has 2 aromatic rings. The van der Waals surface area contributed by atoms with Crippen molar-refractivity contribution >= 4 is 11.6 Å². The molecule has 0 aliphatic heterocycles. The molecule has 90 valence electrons. The summed E-state index contributed by atoms with van der Waals surface area (Å²) in [6.45, 7) is 0. The number of oxazole rings is 1. The first-order valence-electron chi connectivity index (χ1n) is 4.70. The number of rotatable bonds is 2. The highest BCUT2D eigenvalue weighted by molar-refractivity contribution is 6.17. The van der Waals surface area contributed by atoms with Crippen molar-refractivity contribution in [1.29, 1.82) is 0 Å². The smallest absolute Gasteiger partial charge is 0.431 e. The lowest BCUT2D eigenvalue weighted by atomic mass is 10.2. The molecular weight excluding hydrogens is 255 g/mol. The first kappa shape index (κ1) is 12.0. The predicted octanol–water partition coefficient (Wildman–Crippen LogP) is 4.10. The van der Waals surface area contributed by atoms with E-state index in [0.29, 0.717) is 5.56 Å². The number of halogens is 4. The lowest BCUT2D eigenvalue weighted by Gasteiger charge is -2.01. The fraction of sp³-hybridized carbons (Fsp3) is 0.182. The summed E-state index contributed by atoms with van der Waals surface area (Å²) in [6.07, 6.45) is -4.58. The highest BCUT2D eigenvalue weighted by Gasteiger charge is 2.39. The molecule has 0 saturated heterocycles. The summed E-state index contributed by atoms with van der Waals surface area (Å²) in [5.41, 5.74) is 0.187. The van der Waals surface area contributed by atoms with Crippen LogP contribution in [-0.4, -0.2) is 4.98 Å². The Morgan fingerprint density at radius 3 is 2.29 bits per heavy atom. The minimum atomic E-state index is -4.58. The van der Waals surface area contributed by atoms with Crippen LogP contribution >= 0.6 is 11.6 Å². The summed E-state index contributed by atoms with van der Waals surface area (Å²) in [5.74, 6) is -1.55. The number of alkyl halides is 4. The van der Waals surface area contributed by atoms with E-state index in [2.05, 4.69) is 4.98 Å². The quantitative estimate of drug-likeness (QED) is 0.761. The topological polar surface area (TPSA) is 26.0 Å². The first-order valence-corrected chi connectivity index (χ1v) is 5.24. The predicted molar refractivity (Wildman–Crippen MR) is 56.5 cm³/mol. The molecule has 0 radical (unpaired) electrons. The fourth-order valence-corrected chi connectivity index (χ4v) is 1.55. The third-order valence-electron chi connectivity index (χ3n) is 2.10. The van der Waals surface area contributed by atoms with Crippen molar-refractivity contribution in [3.8, 4) is 11.5 Å². The Kier molecular flexibility index (Phi) is 3.11. The van der Waals surface area contributed by atoms with E-state index < -0.39 is 11.9 Å². The highest BCUT2D eigenvalue weighted by atomic mass is 35.5. The van der Waals surface area contributed by atoms with Gasteiger partial charge in [-0.2, -0.15) is 13.2 Å². The van der Waals surface area contributed by atoms with Crippen LogP contribution in [0.5, 0.6) is 0 Å². The van der Waals surface area contributed by atoms with Gasteiger partial charge in [-0.05, 0) is 12.1 Å². The monoisotopic (exact) mass is 261 g/mol. The van der Waals surface area contributed by atoms with Crippen LogP contribution in [0.1, 0.15) is 11.5 Å². The van der Waals surface area contributed by atoms with E-state index in [4.69, 9.17) is 16.0 Å². The van der Waals surface area contributed by atoms with E-state index in [1.807, 2.05) is 0 Å². The van der Waals surface area contributed by atoms with Gasteiger partial charge in [0.2, 0.25) is 11.7 Å². The van der Waals surface area contributed by atoms with E-state index in [0.717, 1.165) is 0 Å². The number of hydrogen-bond acceptors (Lipinski definition) is 2. The summed E-state index contributed by atoms with van der Waals surface area (Å²) in [4.78, 5) is 3.75. The van der Waals surface area contributed by atoms with Crippen molar-refractivity contribution in [2.75, 3.05) is 0 Å². The van der Waals surface area contributed by atoms with Crippen molar-refractivity contribution in [2.24, 2.45) is 0 Å². The lowest BCUT2D eigenvalue weighted by molar-refractivity contribution is -0.153. The zero-order valence-corrected chi connectivity index (χ0v) is 9.22. The molecule has 0 saturated carbocycles. The molecule has 17 heavy (non-hydrogen) atoms. The van der Waals surface area contributed by atoms with Gasteiger partial charge in [0.25, 0.3) is 0 Å². The number of hydrogen-bond donors (Lipinski definition) is 0. The number of aromatic nitrogens is 1. The van der Waals surface area contributed by atoms with E-state index in [1.165, 1.54) is 0 Å². The van der Waals surface area contributed by atoms with Crippen molar-refractivity contribution in [3.63, 3.8) is 0 Å². The Labute approximate surface area is 100 Å². The second-order valence-electron chi connectivity index (χ2n) is 3.29. The molecule has 0 aliphatic rings. The van der Waals surface area contributed by atoms with Crippen LogP contribution in [0.15, 0.2) is 34.7 Å². The van der Waals surface area contributed by atoms with Gasteiger partial charge in [0.1, 0.15) is 5.69 Å². The third kappa shape index (κ3) is 2.44. The summed E-state index contributed by atoms with van der Waals surface area (Å²) in [6, 6.07) is 8.36. The van der Waals surface area contributed by atoms with Crippen LogP contribution in [0.3, 0.4) is 0 Å². The van der Waals surface area contributed by atoms with Crippen LogP contribution in [-0.2, 0) is 12.1 Å². The number of benzene rings is 1.